The molecule has 2 nitrogen and oxygen atoms in total. The number of methoxy groups -OCH3 is 1. The van der Waals surface area contributed by atoms with Crippen LogP contribution in [0.3, 0.4) is 0 Å². The summed E-state index contributed by atoms with van der Waals surface area (Å²) < 4.78 is 6.76. The Balaban J connectivity index is 2.31. The second kappa shape index (κ2) is 6.27. The van der Waals surface area contributed by atoms with E-state index >= 15 is 0 Å². The molecule has 1 aliphatic rings. The quantitative estimate of drug-likeness (QED) is 0.833. The lowest BCUT2D eigenvalue weighted by Crippen LogP contribution is -2.25. The molecule has 106 valence electrons. The molecule has 0 amide bonds. The molecule has 1 fully saturated rings. The summed E-state index contributed by atoms with van der Waals surface area (Å²) >= 11 is 3.65. The van der Waals surface area contributed by atoms with Gasteiger partial charge in [0.2, 0.25) is 0 Å². The zero-order valence-corrected chi connectivity index (χ0v) is 13.9. The maximum absolute atomic E-state index is 5.59. The number of ether oxygens (including phenoxy) is 1. The van der Waals surface area contributed by atoms with E-state index in [9.17, 15) is 0 Å². The van der Waals surface area contributed by atoms with E-state index in [2.05, 4.69) is 54.2 Å². The van der Waals surface area contributed by atoms with Gasteiger partial charge in [-0.05, 0) is 55.8 Å². The van der Waals surface area contributed by atoms with Crippen LogP contribution in [0.5, 0.6) is 5.75 Å². The molecular formula is C16H24BrNO. The molecule has 1 aliphatic carbocycles. The molecule has 1 aromatic carbocycles. The van der Waals surface area contributed by atoms with Crippen LogP contribution in [0.1, 0.15) is 43.9 Å². The van der Waals surface area contributed by atoms with Crippen LogP contribution in [0, 0.1) is 18.8 Å². The second-order valence-corrected chi connectivity index (χ2v) is 6.51. The minimum Gasteiger partial charge on any atom is -0.496 e. The van der Waals surface area contributed by atoms with E-state index in [0.29, 0.717) is 6.04 Å². The minimum atomic E-state index is 0.418. The van der Waals surface area contributed by atoms with Gasteiger partial charge in [-0.15, -0.1) is 0 Å². The number of rotatable bonds is 6. The predicted octanol–water partition coefficient (Wildman–Crippen LogP) is 4.46. The smallest absolute Gasteiger partial charge is 0.123 e. The second-order valence-electron chi connectivity index (χ2n) is 5.65. The Hall–Kier alpha value is -0.540. The van der Waals surface area contributed by atoms with Crippen molar-refractivity contribution in [1.82, 2.24) is 5.32 Å². The minimum absolute atomic E-state index is 0.418. The number of halogens is 1. The number of hydrogen-bond donors (Lipinski definition) is 1. The largest absolute Gasteiger partial charge is 0.496 e. The normalized spacial score (nSPS) is 23.2. The van der Waals surface area contributed by atoms with E-state index in [1.165, 1.54) is 22.0 Å². The fourth-order valence-electron chi connectivity index (χ4n) is 2.70. The van der Waals surface area contributed by atoms with Crippen LogP contribution in [-0.2, 0) is 0 Å². The Morgan fingerprint density at radius 3 is 2.68 bits per heavy atom. The lowest BCUT2D eigenvalue weighted by molar-refractivity contribution is 0.387. The molecular weight excluding hydrogens is 302 g/mol. The molecule has 3 unspecified atom stereocenters. The van der Waals surface area contributed by atoms with Gasteiger partial charge < -0.3 is 10.1 Å². The third-order valence-electron chi connectivity index (χ3n) is 4.06. The maximum atomic E-state index is 5.59. The fourth-order valence-corrected chi connectivity index (χ4v) is 3.06. The van der Waals surface area contributed by atoms with Gasteiger partial charge in [0.15, 0.2) is 0 Å². The summed E-state index contributed by atoms with van der Waals surface area (Å²) in [5.74, 6) is 2.57. The average molecular weight is 326 g/mol. The van der Waals surface area contributed by atoms with Gasteiger partial charge in [-0.25, -0.2) is 0 Å². The molecule has 1 aromatic rings. The van der Waals surface area contributed by atoms with Gasteiger partial charge >= 0.3 is 0 Å². The molecule has 2 rings (SSSR count). The average Bonchev–Trinajstić information content (AvgIpc) is 3.10. The van der Waals surface area contributed by atoms with Gasteiger partial charge in [0.1, 0.15) is 5.75 Å². The molecule has 0 aliphatic heterocycles. The maximum Gasteiger partial charge on any atom is 0.123 e. The number of aryl methyl sites for hydroxylation is 1. The fraction of sp³-hybridized carbons (Fsp3) is 0.625. The number of nitrogens with one attached hydrogen (secondary N) is 1. The van der Waals surface area contributed by atoms with Gasteiger partial charge in [-0.1, -0.05) is 29.8 Å². The summed E-state index contributed by atoms with van der Waals surface area (Å²) in [6, 6.07) is 4.78. The highest BCUT2D eigenvalue weighted by Crippen LogP contribution is 2.49. The van der Waals surface area contributed by atoms with Crippen molar-refractivity contribution in [3.8, 4) is 5.75 Å². The molecule has 0 radical (unpaired) electrons. The Morgan fingerprint density at radius 1 is 1.47 bits per heavy atom. The predicted molar refractivity (Wildman–Crippen MR) is 83.7 cm³/mol. The molecule has 0 saturated heterocycles. The molecule has 3 atom stereocenters. The number of hydrogen-bond acceptors (Lipinski definition) is 2. The summed E-state index contributed by atoms with van der Waals surface area (Å²) in [4.78, 5) is 0. The molecule has 0 heterocycles. The van der Waals surface area contributed by atoms with Gasteiger partial charge in [-0.2, -0.15) is 0 Å². The van der Waals surface area contributed by atoms with Crippen LogP contribution < -0.4 is 10.1 Å². The first kappa shape index (κ1) is 14.9. The molecule has 3 heteroatoms. The SMILES string of the molecule is CCCNC(c1cc(Br)c(C)cc1OC)C1CC1C. The van der Waals surface area contributed by atoms with Crippen LogP contribution in [-0.4, -0.2) is 13.7 Å². The van der Waals surface area contributed by atoms with Gasteiger partial charge in [-0.3, -0.25) is 0 Å². The highest BCUT2D eigenvalue weighted by Gasteiger charge is 2.41. The van der Waals surface area contributed by atoms with Crippen molar-refractivity contribution in [2.75, 3.05) is 13.7 Å². The van der Waals surface area contributed by atoms with E-state index in [0.717, 1.165) is 30.6 Å². The van der Waals surface area contributed by atoms with E-state index in [1.54, 1.807) is 7.11 Å². The number of benzene rings is 1. The van der Waals surface area contributed by atoms with Crippen LogP contribution in [0.2, 0.25) is 0 Å². The van der Waals surface area contributed by atoms with E-state index in [1.807, 2.05) is 0 Å². The summed E-state index contributed by atoms with van der Waals surface area (Å²) in [6.45, 7) is 7.71. The Kier molecular flexibility index (Phi) is 4.91. The first-order valence-corrected chi connectivity index (χ1v) is 7.95. The zero-order valence-electron chi connectivity index (χ0n) is 12.3. The monoisotopic (exact) mass is 325 g/mol. The summed E-state index contributed by atoms with van der Waals surface area (Å²) in [5, 5.41) is 3.70. The highest BCUT2D eigenvalue weighted by molar-refractivity contribution is 9.10. The summed E-state index contributed by atoms with van der Waals surface area (Å²) in [5.41, 5.74) is 2.52. The molecule has 1 N–H and O–H groups in total. The van der Waals surface area contributed by atoms with Crippen molar-refractivity contribution >= 4 is 15.9 Å². The van der Waals surface area contributed by atoms with Crippen molar-refractivity contribution in [2.45, 2.75) is 39.7 Å². The van der Waals surface area contributed by atoms with E-state index in [4.69, 9.17) is 4.74 Å². The van der Waals surface area contributed by atoms with Crippen LogP contribution >= 0.6 is 15.9 Å². The van der Waals surface area contributed by atoms with Crippen molar-refractivity contribution in [3.63, 3.8) is 0 Å². The van der Waals surface area contributed by atoms with Crippen LogP contribution in [0.25, 0.3) is 0 Å². The van der Waals surface area contributed by atoms with Crippen molar-refractivity contribution in [1.29, 1.82) is 0 Å². The van der Waals surface area contributed by atoms with Crippen LogP contribution in [0.4, 0.5) is 0 Å². The lowest BCUT2D eigenvalue weighted by Gasteiger charge is -2.22. The Bertz CT molecular complexity index is 447. The first-order chi connectivity index (χ1) is 9.08. The Morgan fingerprint density at radius 2 is 2.16 bits per heavy atom. The third kappa shape index (κ3) is 3.32. The van der Waals surface area contributed by atoms with Crippen molar-refractivity contribution in [3.05, 3.63) is 27.7 Å². The van der Waals surface area contributed by atoms with E-state index < -0.39 is 0 Å². The standard InChI is InChI=1S/C16H24BrNO/c1-5-6-18-16(12-7-10(12)2)13-9-14(17)11(3)8-15(13)19-4/h8-10,12,16,18H,5-7H2,1-4H3. The van der Waals surface area contributed by atoms with Gasteiger partial charge in [0.25, 0.3) is 0 Å². The Labute approximate surface area is 125 Å². The topological polar surface area (TPSA) is 21.3 Å². The zero-order chi connectivity index (χ0) is 14.0. The van der Waals surface area contributed by atoms with Crippen molar-refractivity contribution in [2.24, 2.45) is 11.8 Å². The molecule has 0 spiro atoms. The molecule has 0 aromatic heterocycles. The summed E-state index contributed by atoms with van der Waals surface area (Å²) in [7, 11) is 1.76. The molecule has 0 bridgehead atoms. The van der Waals surface area contributed by atoms with Gasteiger partial charge in [0.05, 0.1) is 7.11 Å². The first-order valence-electron chi connectivity index (χ1n) is 7.15. The lowest BCUT2D eigenvalue weighted by atomic mass is 9.98. The van der Waals surface area contributed by atoms with Crippen LogP contribution in [0.15, 0.2) is 16.6 Å². The van der Waals surface area contributed by atoms with Gasteiger partial charge in [0, 0.05) is 16.1 Å². The summed E-state index contributed by atoms with van der Waals surface area (Å²) in [6.07, 6.45) is 2.48. The molecule has 1 saturated carbocycles. The van der Waals surface area contributed by atoms with Crippen molar-refractivity contribution < 1.29 is 4.74 Å². The van der Waals surface area contributed by atoms with E-state index in [-0.39, 0.29) is 0 Å². The molecule has 19 heavy (non-hydrogen) atoms. The highest BCUT2D eigenvalue weighted by atomic mass is 79.9. The third-order valence-corrected chi connectivity index (χ3v) is 4.91.